The summed E-state index contributed by atoms with van der Waals surface area (Å²) in [6.07, 6.45) is 4.58. The molecule has 0 fully saturated rings. The van der Waals surface area contributed by atoms with E-state index >= 15 is 0 Å². The quantitative estimate of drug-likeness (QED) is 0.652. The predicted octanol–water partition coefficient (Wildman–Crippen LogP) is 1.68. The smallest absolute Gasteiger partial charge is 0.222 e. The Bertz CT molecular complexity index is 217. The van der Waals surface area contributed by atoms with E-state index in [0.717, 1.165) is 25.8 Å². The van der Waals surface area contributed by atoms with Crippen molar-refractivity contribution in [2.75, 3.05) is 13.1 Å². The van der Waals surface area contributed by atoms with Gasteiger partial charge in [0.05, 0.1) is 0 Å². The molecule has 0 aromatic rings. The third-order valence-corrected chi connectivity index (χ3v) is 2.44. The maximum absolute atomic E-state index is 11.8. The molecule has 0 heterocycles. The van der Waals surface area contributed by atoms with Crippen LogP contribution in [0.4, 0.5) is 0 Å². The molecule has 0 radical (unpaired) electrons. The Morgan fingerprint density at radius 2 is 1.69 bits per heavy atom. The standard InChI is InChI=1S/C12H24N2O2/c1-3-5-8-12(16)14(9-4-2)10-6-7-11(13)15/h3-10H2,1-2H3,(H2,13,15). The minimum absolute atomic E-state index is 0.202. The lowest BCUT2D eigenvalue weighted by Crippen LogP contribution is -2.33. The van der Waals surface area contributed by atoms with Crippen molar-refractivity contribution in [1.82, 2.24) is 4.90 Å². The van der Waals surface area contributed by atoms with Gasteiger partial charge in [0.1, 0.15) is 0 Å². The van der Waals surface area contributed by atoms with E-state index in [1.807, 2.05) is 11.8 Å². The zero-order chi connectivity index (χ0) is 12.4. The summed E-state index contributed by atoms with van der Waals surface area (Å²) in [4.78, 5) is 24.2. The number of amides is 2. The fourth-order valence-electron chi connectivity index (χ4n) is 1.56. The topological polar surface area (TPSA) is 63.4 Å². The Hall–Kier alpha value is -1.06. The zero-order valence-corrected chi connectivity index (χ0v) is 10.5. The molecule has 16 heavy (non-hydrogen) atoms. The Morgan fingerprint density at radius 3 is 2.19 bits per heavy atom. The molecule has 0 rings (SSSR count). The van der Waals surface area contributed by atoms with E-state index < -0.39 is 0 Å². The molecule has 4 heteroatoms. The van der Waals surface area contributed by atoms with Gasteiger partial charge < -0.3 is 10.6 Å². The van der Waals surface area contributed by atoms with Crippen molar-refractivity contribution in [3.8, 4) is 0 Å². The summed E-state index contributed by atoms with van der Waals surface area (Å²) in [6, 6.07) is 0. The van der Waals surface area contributed by atoms with Gasteiger partial charge in [0.2, 0.25) is 11.8 Å². The molecule has 0 aliphatic heterocycles. The summed E-state index contributed by atoms with van der Waals surface area (Å²) in [5.41, 5.74) is 5.07. The molecule has 2 amide bonds. The number of hydrogen-bond donors (Lipinski definition) is 1. The van der Waals surface area contributed by atoms with E-state index in [1.165, 1.54) is 0 Å². The van der Waals surface area contributed by atoms with Gasteiger partial charge in [-0.15, -0.1) is 0 Å². The molecule has 0 saturated heterocycles. The highest BCUT2D eigenvalue weighted by atomic mass is 16.2. The summed E-state index contributed by atoms with van der Waals surface area (Å²) in [7, 11) is 0. The fourth-order valence-corrected chi connectivity index (χ4v) is 1.56. The lowest BCUT2D eigenvalue weighted by Gasteiger charge is -2.21. The zero-order valence-electron chi connectivity index (χ0n) is 10.5. The lowest BCUT2D eigenvalue weighted by molar-refractivity contribution is -0.131. The summed E-state index contributed by atoms with van der Waals surface area (Å²) in [5, 5.41) is 0. The van der Waals surface area contributed by atoms with Crippen LogP contribution >= 0.6 is 0 Å². The van der Waals surface area contributed by atoms with Crippen molar-refractivity contribution in [2.24, 2.45) is 5.73 Å². The molecule has 0 aromatic carbocycles. The summed E-state index contributed by atoms with van der Waals surface area (Å²) in [5.74, 6) is -0.0920. The third-order valence-electron chi connectivity index (χ3n) is 2.44. The van der Waals surface area contributed by atoms with E-state index in [0.29, 0.717) is 25.8 Å². The number of primary amides is 1. The Labute approximate surface area is 98.2 Å². The largest absolute Gasteiger partial charge is 0.370 e. The molecule has 0 aromatic heterocycles. The van der Waals surface area contributed by atoms with Gasteiger partial charge in [-0.3, -0.25) is 9.59 Å². The van der Waals surface area contributed by atoms with Crippen LogP contribution in [-0.4, -0.2) is 29.8 Å². The molecule has 0 bridgehead atoms. The average Bonchev–Trinajstić information content (AvgIpc) is 2.24. The van der Waals surface area contributed by atoms with E-state index in [-0.39, 0.29) is 11.8 Å². The van der Waals surface area contributed by atoms with Crippen molar-refractivity contribution in [1.29, 1.82) is 0 Å². The molecule has 0 unspecified atom stereocenters. The highest BCUT2D eigenvalue weighted by Crippen LogP contribution is 2.04. The first-order valence-electron chi connectivity index (χ1n) is 6.17. The SMILES string of the molecule is CCCCC(=O)N(CCC)CCCC(N)=O. The summed E-state index contributed by atoms with van der Waals surface area (Å²) < 4.78 is 0. The maximum Gasteiger partial charge on any atom is 0.222 e. The predicted molar refractivity (Wildman–Crippen MR) is 64.8 cm³/mol. The van der Waals surface area contributed by atoms with Crippen LogP contribution in [0.1, 0.15) is 52.4 Å². The normalized spacial score (nSPS) is 10.1. The van der Waals surface area contributed by atoms with Gasteiger partial charge in [-0.2, -0.15) is 0 Å². The minimum atomic E-state index is -0.294. The number of carbonyl (C=O) groups is 2. The molecule has 0 aliphatic rings. The van der Waals surface area contributed by atoms with E-state index in [4.69, 9.17) is 5.73 Å². The van der Waals surface area contributed by atoms with Crippen LogP contribution in [0.2, 0.25) is 0 Å². The van der Waals surface area contributed by atoms with Crippen LogP contribution in [0, 0.1) is 0 Å². The number of rotatable bonds is 9. The van der Waals surface area contributed by atoms with Gasteiger partial charge in [0.15, 0.2) is 0 Å². The average molecular weight is 228 g/mol. The van der Waals surface area contributed by atoms with Crippen LogP contribution in [-0.2, 0) is 9.59 Å². The van der Waals surface area contributed by atoms with Gasteiger partial charge in [0, 0.05) is 25.9 Å². The number of hydrogen-bond acceptors (Lipinski definition) is 2. The van der Waals surface area contributed by atoms with Crippen LogP contribution in [0.3, 0.4) is 0 Å². The van der Waals surface area contributed by atoms with E-state index in [1.54, 1.807) is 0 Å². The molecule has 4 nitrogen and oxygen atoms in total. The number of unbranched alkanes of at least 4 members (excludes halogenated alkanes) is 1. The van der Waals surface area contributed by atoms with E-state index in [2.05, 4.69) is 6.92 Å². The van der Waals surface area contributed by atoms with Gasteiger partial charge >= 0.3 is 0 Å². The van der Waals surface area contributed by atoms with Gasteiger partial charge in [-0.05, 0) is 19.3 Å². The van der Waals surface area contributed by atoms with Crippen LogP contribution in [0.15, 0.2) is 0 Å². The third kappa shape index (κ3) is 7.26. The van der Waals surface area contributed by atoms with Gasteiger partial charge in [0.25, 0.3) is 0 Å². The molecule has 0 saturated carbocycles. The molecular formula is C12H24N2O2. The lowest BCUT2D eigenvalue weighted by atomic mass is 10.2. The first-order valence-corrected chi connectivity index (χ1v) is 6.17. The summed E-state index contributed by atoms with van der Waals surface area (Å²) in [6.45, 7) is 5.55. The van der Waals surface area contributed by atoms with Gasteiger partial charge in [-0.25, -0.2) is 0 Å². The highest BCUT2D eigenvalue weighted by molar-refractivity contribution is 5.76. The molecule has 94 valence electrons. The molecule has 0 spiro atoms. The van der Waals surface area contributed by atoms with Crippen molar-refractivity contribution < 1.29 is 9.59 Å². The molecule has 2 N–H and O–H groups in total. The first kappa shape index (κ1) is 14.9. The number of carbonyl (C=O) groups excluding carboxylic acids is 2. The monoisotopic (exact) mass is 228 g/mol. The Balaban J connectivity index is 3.94. The van der Waals surface area contributed by atoms with Gasteiger partial charge in [-0.1, -0.05) is 20.3 Å². The van der Waals surface area contributed by atoms with Crippen molar-refractivity contribution in [2.45, 2.75) is 52.4 Å². The van der Waals surface area contributed by atoms with Crippen LogP contribution in [0.5, 0.6) is 0 Å². The first-order chi connectivity index (χ1) is 7.61. The van der Waals surface area contributed by atoms with Crippen molar-refractivity contribution in [3.63, 3.8) is 0 Å². The number of nitrogens with two attached hydrogens (primary N) is 1. The Kier molecular flexibility index (Phi) is 8.58. The second-order valence-corrected chi connectivity index (χ2v) is 4.05. The van der Waals surface area contributed by atoms with Crippen LogP contribution < -0.4 is 5.73 Å². The summed E-state index contributed by atoms with van der Waals surface area (Å²) >= 11 is 0. The number of nitrogens with zero attached hydrogens (tertiary/aromatic N) is 1. The maximum atomic E-state index is 11.8. The minimum Gasteiger partial charge on any atom is -0.370 e. The molecule has 0 aliphatic carbocycles. The second kappa shape index (κ2) is 9.19. The van der Waals surface area contributed by atoms with E-state index in [9.17, 15) is 9.59 Å². The Morgan fingerprint density at radius 1 is 1.00 bits per heavy atom. The highest BCUT2D eigenvalue weighted by Gasteiger charge is 2.11. The van der Waals surface area contributed by atoms with Crippen LogP contribution in [0.25, 0.3) is 0 Å². The van der Waals surface area contributed by atoms with Crippen molar-refractivity contribution in [3.05, 3.63) is 0 Å². The second-order valence-electron chi connectivity index (χ2n) is 4.05. The fraction of sp³-hybridized carbons (Fsp3) is 0.833. The molecule has 0 atom stereocenters. The van der Waals surface area contributed by atoms with Crippen molar-refractivity contribution >= 4 is 11.8 Å². The molecular weight excluding hydrogens is 204 g/mol.